The minimum absolute atomic E-state index is 0.360. The van der Waals surface area contributed by atoms with Crippen molar-refractivity contribution in [3.63, 3.8) is 0 Å². The number of rotatable bonds is 8. The number of thiocarbonyl (C=S) groups is 1. The van der Waals surface area contributed by atoms with E-state index in [9.17, 15) is 0 Å². The summed E-state index contributed by atoms with van der Waals surface area (Å²) in [7, 11) is 2.19. The van der Waals surface area contributed by atoms with Gasteiger partial charge in [0, 0.05) is 34.5 Å². The molecular weight excluding hydrogens is 394 g/mol. The van der Waals surface area contributed by atoms with Gasteiger partial charge in [0.2, 0.25) is 0 Å². The Bertz CT molecular complexity index is 850. The van der Waals surface area contributed by atoms with Crippen LogP contribution in [-0.2, 0) is 0 Å². The fourth-order valence-electron chi connectivity index (χ4n) is 3.64. The van der Waals surface area contributed by atoms with Gasteiger partial charge >= 0.3 is 0 Å². The highest BCUT2D eigenvalue weighted by Gasteiger charge is 2.28. The molecule has 0 amide bonds. The molecule has 2 aromatic rings. The van der Waals surface area contributed by atoms with Crippen LogP contribution in [0.2, 0.25) is 0 Å². The van der Waals surface area contributed by atoms with Crippen molar-refractivity contribution in [1.29, 1.82) is 0 Å². The Balaban J connectivity index is 1.92. The molecule has 0 aromatic heterocycles. The minimum atomic E-state index is 0.360. The first-order valence-corrected chi connectivity index (χ1v) is 11.8. The van der Waals surface area contributed by atoms with Gasteiger partial charge in [-0.2, -0.15) is 0 Å². The fraction of sp³-hybridized carbons (Fsp3) is 0.458. The van der Waals surface area contributed by atoms with Gasteiger partial charge in [0.25, 0.3) is 0 Å². The zero-order valence-electron chi connectivity index (χ0n) is 18.2. The third-order valence-corrected chi connectivity index (χ3v) is 6.90. The lowest BCUT2D eigenvalue weighted by Crippen LogP contribution is -2.39. The molecule has 29 heavy (non-hydrogen) atoms. The Hall–Kier alpha value is -1.56. The first kappa shape index (κ1) is 22.1. The summed E-state index contributed by atoms with van der Waals surface area (Å²) in [5, 5.41) is 3.44. The summed E-state index contributed by atoms with van der Waals surface area (Å²) in [6.07, 6.45) is 1.13. The second-order valence-electron chi connectivity index (χ2n) is 8.26. The van der Waals surface area contributed by atoms with Gasteiger partial charge in [0.15, 0.2) is 0 Å². The molecule has 0 radical (unpaired) electrons. The van der Waals surface area contributed by atoms with Crippen LogP contribution in [0, 0.1) is 5.92 Å². The number of benzene rings is 2. The lowest BCUT2D eigenvalue weighted by molar-refractivity contribution is 0.332. The first-order chi connectivity index (χ1) is 13.9. The Kier molecular flexibility index (Phi) is 7.60. The molecule has 5 heteroatoms. The highest BCUT2D eigenvalue weighted by molar-refractivity contribution is 7.99. The van der Waals surface area contributed by atoms with E-state index in [-0.39, 0.29) is 0 Å². The average Bonchev–Trinajstić information content (AvgIpc) is 2.70. The second kappa shape index (κ2) is 9.96. The quantitative estimate of drug-likeness (QED) is 0.524. The Morgan fingerprint density at radius 2 is 1.83 bits per heavy atom. The monoisotopic (exact) mass is 427 g/mol. The molecule has 1 aliphatic heterocycles. The number of hydrogen-bond donors (Lipinski definition) is 1. The fourth-order valence-corrected chi connectivity index (χ4v) is 4.92. The van der Waals surface area contributed by atoms with E-state index in [0.29, 0.717) is 12.0 Å². The van der Waals surface area contributed by atoms with Crippen molar-refractivity contribution in [3.8, 4) is 0 Å². The third-order valence-electron chi connectivity index (χ3n) is 5.39. The van der Waals surface area contributed by atoms with Crippen molar-refractivity contribution < 1.29 is 0 Å². The summed E-state index contributed by atoms with van der Waals surface area (Å²) in [4.78, 5) is 8.32. The van der Waals surface area contributed by atoms with E-state index in [1.54, 1.807) is 0 Å². The molecule has 0 spiro atoms. The maximum Gasteiger partial charge on any atom is 0.106 e. The van der Waals surface area contributed by atoms with Crippen LogP contribution in [0.1, 0.15) is 39.7 Å². The van der Waals surface area contributed by atoms with Gasteiger partial charge < -0.3 is 15.1 Å². The van der Waals surface area contributed by atoms with Gasteiger partial charge in [-0.05, 0) is 57.1 Å². The Labute approximate surface area is 185 Å². The number of likely N-dealkylation sites (N-methyl/N-ethyl adjacent to an activating group) is 1. The van der Waals surface area contributed by atoms with Crippen molar-refractivity contribution in [2.24, 2.45) is 5.92 Å². The number of para-hydroxylation sites is 1. The SMILES string of the molecule is CCN(C)C[C@@H](C)N1c2ccccc2Sc2ccc(C(=S)NCCC(C)C)cc21. The van der Waals surface area contributed by atoms with Crippen molar-refractivity contribution in [2.45, 2.75) is 49.9 Å². The molecule has 0 saturated heterocycles. The summed E-state index contributed by atoms with van der Waals surface area (Å²) in [6, 6.07) is 15.7. The van der Waals surface area contributed by atoms with Crippen molar-refractivity contribution in [1.82, 2.24) is 10.2 Å². The number of hydrogen-bond acceptors (Lipinski definition) is 4. The van der Waals surface area contributed by atoms with E-state index in [1.165, 1.54) is 21.2 Å². The predicted molar refractivity (Wildman–Crippen MR) is 131 cm³/mol. The highest BCUT2D eigenvalue weighted by atomic mass is 32.2. The topological polar surface area (TPSA) is 18.5 Å². The predicted octanol–water partition coefficient (Wildman–Crippen LogP) is 5.94. The molecule has 1 atom stereocenters. The molecule has 0 fully saturated rings. The van der Waals surface area contributed by atoms with Crippen LogP contribution in [0.4, 0.5) is 11.4 Å². The average molecular weight is 428 g/mol. The molecule has 0 saturated carbocycles. The Morgan fingerprint density at radius 1 is 1.10 bits per heavy atom. The molecule has 1 aliphatic rings. The molecule has 0 aliphatic carbocycles. The number of nitrogens with one attached hydrogen (secondary N) is 1. The molecule has 156 valence electrons. The summed E-state index contributed by atoms with van der Waals surface area (Å²) in [6.45, 7) is 12.0. The maximum absolute atomic E-state index is 5.70. The van der Waals surface area contributed by atoms with Crippen LogP contribution >= 0.6 is 24.0 Å². The standard InChI is InChI=1S/C24H33N3S2/c1-6-26(5)16-18(4)27-20-9-7-8-10-22(20)29-23-12-11-19(15-21(23)27)24(28)25-14-13-17(2)3/h7-12,15,17-18H,6,13-14,16H2,1-5H3,(H,25,28)/t18-/m1/s1. The third kappa shape index (κ3) is 5.33. The maximum atomic E-state index is 5.70. The minimum Gasteiger partial charge on any atom is -0.376 e. The largest absolute Gasteiger partial charge is 0.376 e. The summed E-state index contributed by atoms with van der Waals surface area (Å²) >= 11 is 7.56. The second-order valence-corrected chi connectivity index (χ2v) is 9.76. The first-order valence-electron chi connectivity index (χ1n) is 10.6. The van der Waals surface area contributed by atoms with Gasteiger partial charge in [-0.15, -0.1) is 0 Å². The van der Waals surface area contributed by atoms with Crippen molar-refractivity contribution in [2.75, 3.05) is 31.6 Å². The highest BCUT2D eigenvalue weighted by Crippen LogP contribution is 2.49. The zero-order valence-corrected chi connectivity index (χ0v) is 19.9. The number of anilines is 2. The lowest BCUT2D eigenvalue weighted by Gasteiger charge is -2.39. The molecule has 3 nitrogen and oxygen atoms in total. The van der Waals surface area contributed by atoms with Gasteiger partial charge in [0.05, 0.1) is 11.4 Å². The smallest absolute Gasteiger partial charge is 0.106 e. The Morgan fingerprint density at radius 3 is 2.55 bits per heavy atom. The van der Waals surface area contributed by atoms with Crippen LogP contribution in [0.5, 0.6) is 0 Å². The number of nitrogens with zero attached hydrogens (tertiary/aromatic N) is 2. The van der Waals surface area contributed by atoms with Crippen LogP contribution in [0.25, 0.3) is 0 Å². The van der Waals surface area contributed by atoms with Gasteiger partial charge in [-0.25, -0.2) is 0 Å². The zero-order chi connectivity index (χ0) is 21.0. The molecule has 0 bridgehead atoms. The molecule has 1 heterocycles. The van der Waals surface area contributed by atoms with E-state index >= 15 is 0 Å². The number of fused-ring (bicyclic) bond motifs is 2. The van der Waals surface area contributed by atoms with Crippen molar-refractivity contribution >= 4 is 40.3 Å². The van der Waals surface area contributed by atoms with Crippen LogP contribution < -0.4 is 10.2 Å². The molecule has 3 rings (SSSR count). The van der Waals surface area contributed by atoms with E-state index in [1.807, 2.05) is 11.8 Å². The van der Waals surface area contributed by atoms with E-state index in [0.717, 1.165) is 36.6 Å². The lowest BCUT2D eigenvalue weighted by atomic mass is 10.1. The van der Waals surface area contributed by atoms with E-state index in [2.05, 4.69) is 92.3 Å². The normalized spacial score (nSPS) is 14.0. The summed E-state index contributed by atoms with van der Waals surface area (Å²) in [5.74, 6) is 0.675. The van der Waals surface area contributed by atoms with Gasteiger partial charge in [-0.1, -0.05) is 63.0 Å². The van der Waals surface area contributed by atoms with Crippen molar-refractivity contribution in [3.05, 3.63) is 48.0 Å². The van der Waals surface area contributed by atoms with Gasteiger partial charge in [-0.3, -0.25) is 0 Å². The van der Waals surface area contributed by atoms with E-state index in [4.69, 9.17) is 12.2 Å². The molecule has 2 aromatic carbocycles. The summed E-state index contributed by atoms with van der Waals surface area (Å²) in [5.41, 5.74) is 3.65. The summed E-state index contributed by atoms with van der Waals surface area (Å²) < 4.78 is 0. The van der Waals surface area contributed by atoms with Gasteiger partial charge in [0.1, 0.15) is 4.99 Å². The molecular formula is C24H33N3S2. The molecule has 0 unspecified atom stereocenters. The van der Waals surface area contributed by atoms with Crippen LogP contribution in [0.15, 0.2) is 52.3 Å². The molecule has 1 N–H and O–H groups in total. The van der Waals surface area contributed by atoms with Crippen LogP contribution in [-0.4, -0.2) is 42.6 Å². The van der Waals surface area contributed by atoms with E-state index < -0.39 is 0 Å². The van der Waals surface area contributed by atoms with Crippen LogP contribution in [0.3, 0.4) is 0 Å².